The van der Waals surface area contributed by atoms with Gasteiger partial charge in [0.2, 0.25) is 10.9 Å². The van der Waals surface area contributed by atoms with Crippen molar-refractivity contribution in [2.45, 2.75) is 17.2 Å². The summed E-state index contributed by atoms with van der Waals surface area (Å²) >= 11 is 4.25. The fraction of sp³-hybridized carbons (Fsp3) is 0.200. The Morgan fingerprint density at radius 3 is 2.50 bits per heavy atom. The number of benzene rings is 2. The number of carbonyl (C=O) groups is 2. The molecule has 2 amide bonds. The molecule has 0 unspecified atom stereocenters. The Balaban J connectivity index is 1.39. The highest BCUT2D eigenvalue weighted by Gasteiger charge is 2.13. The molecular weight excluding hydrogens is 443 g/mol. The second-order valence-electron chi connectivity index (χ2n) is 6.08. The summed E-state index contributed by atoms with van der Waals surface area (Å²) in [5.41, 5.74) is 1.53. The first-order valence-electron chi connectivity index (χ1n) is 8.90. The van der Waals surface area contributed by atoms with Crippen LogP contribution in [0.25, 0.3) is 0 Å². The first kappa shape index (κ1) is 22.3. The van der Waals surface area contributed by atoms with Gasteiger partial charge >= 0.3 is 0 Å². The van der Waals surface area contributed by atoms with Crippen molar-refractivity contribution in [3.05, 3.63) is 69.9 Å². The quantitative estimate of drug-likeness (QED) is 0.464. The van der Waals surface area contributed by atoms with Gasteiger partial charge in [0.25, 0.3) is 5.91 Å². The lowest BCUT2D eigenvalue weighted by molar-refractivity contribution is -0.118. The smallest absolute Gasteiger partial charge is 0.286 e. The van der Waals surface area contributed by atoms with Gasteiger partial charge in [0.15, 0.2) is 0 Å². The van der Waals surface area contributed by atoms with Crippen LogP contribution in [0.1, 0.15) is 20.4 Å². The highest BCUT2D eigenvalue weighted by molar-refractivity contribution is 7.99. The minimum atomic E-state index is -0.402. The van der Waals surface area contributed by atoms with E-state index in [-0.39, 0.29) is 16.7 Å². The van der Waals surface area contributed by atoms with E-state index in [1.165, 1.54) is 52.3 Å². The van der Waals surface area contributed by atoms with Gasteiger partial charge in [0, 0.05) is 22.9 Å². The Labute approximate surface area is 186 Å². The molecule has 0 aliphatic heterocycles. The number of carbonyl (C=O) groups excluding carboxylic acids is 2. The lowest BCUT2D eigenvalue weighted by Crippen LogP contribution is -2.24. The molecule has 1 aromatic heterocycles. The molecule has 0 spiro atoms. The first-order valence-corrected chi connectivity index (χ1v) is 12.1. The molecule has 10 heteroatoms. The van der Waals surface area contributed by atoms with Gasteiger partial charge in [-0.3, -0.25) is 9.59 Å². The monoisotopic (exact) mass is 462 g/mol. The van der Waals surface area contributed by atoms with Gasteiger partial charge in [-0.25, -0.2) is 4.39 Å². The maximum Gasteiger partial charge on any atom is 0.286 e. The van der Waals surface area contributed by atoms with E-state index in [1.807, 2.05) is 30.5 Å². The van der Waals surface area contributed by atoms with Crippen molar-refractivity contribution in [3.8, 4) is 0 Å². The molecule has 0 fully saturated rings. The zero-order chi connectivity index (χ0) is 21.3. The third-order valence-corrected chi connectivity index (χ3v) is 6.66. The van der Waals surface area contributed by atoms with Crippen LogP contribution in [0.15, 0.2) is 53.4 Å². The highest BCUT2D eigenvalue weighted by Crippen LogP contribution is 2.18. The maximum atomic E-state index is 12.9. The topological polar surface area (TPSA) is 84.0 Å². The molecule has 0 bridgehead atoms. The molecule has 0 aliphatic carbocycles. The predicted octanol–water partition coefficient (Wildman–Crippen LogP) is 4.20. The van der Waals surface area contributed by atoms with Crippen molar-refractivity contribution in [3.63, 3.8) is 0 Å². The number of aromatic nitrogens is 2. The minimum Gasteiger partial charge on any atom is -0.351 e. The lowest BCUT2D eigenvalue weighted by atomic mass is 10.2. The second kappa shape index (κ2) is 11.1. The van der Waals surface area contributed by atoms with Crippen molar-refractivity contribution < 1.29 is 14.0 Å². The molecule has 0 radical (unpaired) electrons. The molecule has 0 aliphatic rings. The summed E-state index contributed by atoms with van der Waals surface area (Å²) in [7, 11) is 0. The number of amides is 2. The molecule has 0 atom stereocenters. The molecule has 6 nitrogen and oxygen atoms in total. The van der Waals surface area contributed by atoms with Gasteiger partial charge in [-0.15, -0.1) is 33.7 Å². The van der Waals surface area contributed by atoms with Crippen molar-refractivity contribution >= 4 is 52.4 Å². The Kier molecular flexibility index (Phi) is 8.23. The fourth-order valence-corrected chi connectivity index (χ4v) is 4.39. The van der Waals surface area contributed by atoms with Gasteiger partial charge in [-0.05, 0) is 48.2 Å². The summed E-state index contributed by atoms with van der Waals surface area (Å²) in [6.45, 7) is 0.487. The van der Waals surface area contributed by atoms with Crippen LogP contribution in [0.2, 0.25) is 0 Å². The van der Waals surface area contributed by atoms with Crippen molar-refractivity contribution in [2.75, 3.05) is 17.3 Å². The first-order chi connectivity index (χ1) is 14.5. The van der Waals surface area contributed by atoms with E-state index in [9.17, 15) is 14.0 Å². The number of halogens is 1. The standard InChI is InChI=1S/C20H19FN4O2S3/c1-28-16-8-2-13(3-9-16)10-22-17(26)11-29-12-18-24-25-20(30-18)19(27)23-15-6-4-14(21)5-7-15/h2-9H,10-12H2,1H3,(H,22,26)(H,23,27). The maximum absolute atomic E-state index is 12.9. The minimum absolute atomic E-state index is 0.0623. The summed E-state index contributed by atoms with van der Waals surface area (Å²) in [4.78, 5) is 25.4. The predicted molar refractivity (Wildman–Crippen MR) is 120 cm³/mol. The van der Waals surface area contributed by atoms with E-state index in [0.717, 1.165) is 5.56 Å². The molecule has 2 aromatic carbocycles. The molecule has 2 N–H and O–H groups in total. The van der Waals surface area contributed by atoms with Gasteiger partial charge in [0.05, 0.1) is 5.75 Å². The van der Waals surface area contributed by atoms with Crippen LogP contribution >= 0.6 is 34.9 Å². The van der Waals surface area contributed by atoms with Crippen LogP contribution in [0, 0.1) is 5.82 Å². The van der Waals surface area contributed by atoms with Crippen molar-refractivity contribution in [2.24, 2.45) is 0 Å². The van der Waals surface area contributed by atoms with Crippen LogP contribution < -0.4 is 10.6 Å². The third kappa shape index (κ3) is 6.82. The fourth-order valence-electron chi connectivity index (χ4n) is 2.35. The van der Waals surface area contributed by atoms with E-state index < -0.39 is 5.91 Å². The second-order valence-corrected chi connectivity index (χ2v) is 9.01. The van der Waals surface area contributed by atoms with Gasteiger partial charge in [-0.1, -0.05) is 23.5 Å². The SMILES string of the molecule is CSc1ccc(CNC(=O)CSCc2nnc(C(=O)Nc3ccc(F)cc3)s2)cc1. The van der Waals surface area contributed by atoms with E-state index in [2.05, 4.69) is 20.8 Å². The molecule has 3 rings (SSSR count). The van der Waals surface area contributed by atoms with Gasteiger partial charge < -0.3 is 10.6 Å². The van der Waals surface area contributed by atoms with E-state index in [4.69, 9.17) is 0 Å². The Hall–Kier alpha value is -2.43. The normalized spacial score (nSPS) is 10.6. The zero-order valence-electron chi connectivity index (χ0n) is 16.1. The van der Waals surface area contributed by atoms with Gasteiger partial charge in [-0.2, -0.15) is 0 Å². The molecular formula is C20H19FN4O2S3. The van der Waals surface area contributed by atoms with Crippen molar-refractivity contribution in [1.29, 1.82) is 0 Å². The average Bonchev–Trinajstić information content (AvgIpc) is 3.23. The summed E-state index contributed by atoms with van der Waals surface area (Å²) in [5, 5.41) is 14.3. The number of thioether (sulfide) groups is 2. The number of rotatable bonds is 9. The Morgan fingerprint density at radius 2 is 1.80 bits per heavy atom. The third-order valence-electron chi connectivity index (χ3n) is 3.87. The number of hydrogen-bond donors (Lipinski definition) is 2. The van der Waals surface area contributed by atoms with Crippen LogP contribution in [-0.2, 0) is 17.1 Å². The van der Waals surface area contributed by atoms with Crippen LogP contribution in [0.5, 0.6) is 0 Å². The number of anilines is 1. The average molecular weight is 463 g/mol. The lowest BCUT2D eigenvalue weighted by Gasteiger charge is -2.05. The van der Waals surface area contributed by atoms with E-state index in [0.29, 0.717) is 28.7 Å². The molecule has 156 valence electrons. The Morgan fingerprint density at radius 1 is 1.07 bits per heavy atom. The largest absolute Gasteiger partial charge is 0.351 e. The van der Waals surface area contributed by atoms with Crippen molar-refractivity contribution in [1.82, 2.24) is 15.5 Å². The summed E-state index contributed by atoms with van der Waals surface area (Å²) in [5.74, 6) is -0.0641. The summed E-state index contributed by atoms with van der Waals surface area (Å²) in [6.07, 6.45) is 2.02. The van der Waals surface area contributed by atoms with E-state index >= 15 is 0 Å². The van der Waals surface area contributed by atoms with E-state index in [1.54, 1.807) is 11.8 Å². The summed E-state index contributed by atoms with van der Waals surface area (Å²) < 4.78 is 12.9. The molecule has 0 saturated heterocycles. The number of nitrogens with one attached hydrogen (secondary N) is 2. The number of nitrogens with zero attached hydrogens (tertiary/aromatic N) is 2. The van der Waals surface area contributed by atoms with Crippen LogP contribution in [0.4, 0.5) is 10.1 Å². The molecule has 3 aromatic rings. The highest BCUT2D eigenvalue weighted by atomic mass is 32.2. The molecule has 1 heterocycles. The number of hydrogen-bond acceptors (Lipinski definition) is 7. The summed E-state index contributed by atoms with van der Waals surface area (Å²) in [6, 6.07) is 13.5. The zero-order valence-corrected chi connectivity index (χ0v) is 18.5. The van der Waals surface area contributed by atoms with Gasteiger partial charge in [0.1, 0.15) is 10.8 Å². The van der Waals surface area contributed by atoms with Crippen LogP contribution in [-0.4, -0.2) is 34.0 Å². The molecule has 0 saturated carbocycles. The molecule has 30 heavy (non-hydrogen) atoms. The van der Waals surface area contributed by atoms with Crippen LogP contribution in [0.3, 0.4) is 0 Å². The Bertz CT molecular complexity index is 994.